The fourth-order valence-corrected chi connectivity index (χ4v) is 5.90. The minimum atomic E-state index is -0.403. The zero-order valence-corrected chi connectivity index (χ0v) is 20.7. The van der Waals surface area contributed by atoms with Gasteiger partial charge in [-0.2, -0.15) is 0 Å². The molecule has 0 atom stereocenters. The van der Waals surface area contributed by atoms with Gasteiger partial charge in [-0.3, -0.25) is 9.59 Å². The van der Waals surface area contributed by atoms with Crippen LogP contribution < -0.4 is 10.6 Å². The predicted octanol–water partition coefficient (Wildman–Crippen LogP) is 5.71. The Bertz CT molecular complexity index is 1220. The maximum absolute atomic E-state index is 12.7. The van der Waals surface area contributed by atoms with E-state index in [2.05, 4.69) is 10.6 Å². The van der Waals surface area contributed by atoms with E-state index in [1.165, 1.54) is 30.2 Å². The fraction of sp³-hybridized carbons (Fsp3) is 0.269. The molecule has 0 fully saturated rings. The fourth-order valence-electron chi connectivity index (χ4n) is 3.86. The summed E-state index contributed by atoms with van der Waals surface area (Å²) in [6.07, 6.45) is 3.89. The van der Waals surface area contributed by atoms with Gasteiger partial charge in [-0.1, -0.05) is 23.8 Å². The third-order valence-electron chi connectivity index (χ3n) is 5.59. The van der Waals surface area contributed by atoms with Crippen LogP contribution in [0.25, 0.3) is 0 Å². The number of rotatable bonds is 7. The standard InChI is InChI=1S/C26H26N2O4S2/c1-16-10-12-17(13-11-16)24(30)27-18-6-5-7-19(14-18)33-15-22(29)28-25-23(26(31)32-2)20-8-3-4-9-21(20)34-25/h5-7,10-14H,3-4,8-9,15H2,1-2H3,(H,27,30)(H,28,29). The van der Waals surface area contributed by atoms with Gasteiger partial charge >= 0.3 is 5.97 Å². The van der Waals surface area contributed by atoms with E-state index in [1.807, 2.05) is 43.3 Å². The summed E-state index contributed by atoms with van der Waals surface area (Å²) >= 11 is 2.84. The van der Waals surface area contributed by atoms with Crippen molar-refractivity contribution >= 4 is 51.6 Å². The van der Waals surface area contributed by atoms with Gasteiger partial charge in [-0.15, -0.1) is 23.1 Å². The summed E-state index contributed by atoms with van der Waals surface area (Å²) in [7, 11) is 1.36. The first-order valence-corrected chi connectivity index (χ1v) is 12.9. The quantitative estimate of drug-likeness (QED) is 0.325. The van der Waals surface area contributed by atoms with Crippen molar-refractivity contribution in [3.05, 3.63) is 75.7 Å². The Morgan fingerprint density at radius 1 is 1.03 bits per heavy atom. The van der Waals surface area contributed by atoms with Crippen LogP contribution in [-0.2, 0) is 22.4 Å². The number of esters is 1. The molecule has 8 heteroatoms. The van der Waals surface area contributed by atoms with E-state index in [1.54, 1.807) is 12.1 Å². The molecule has 0 unspecified atom stereocenters. The highest BCUT2D eigenvalue weighted by Gasteiger charge is 2.26. The van der Waals surface area contributed by atoms with Crippen molar-refractivity contribution in [1.29, 1.82) is 0 Å². The summed E-state index contributed by atoms with van der Waals surface area (Å²) < 4.78 is 4.97. The Labute approximate surface area is 207 Å². The molecule has 1 heterocycles. The number of thioether (sulfide) groups is 1. The van der Waals surface area contributed by atoms with Crippen LogP contribution in [0.4, 0.5) is 10.7 Å². The van der Waals surface area contributed by atoms with Crippen molar-refractivity contribution in [3.63, 3.8) is 0 Å². The highest BCUT2D eigenvalue weighted by Crippen LogP contribution is 2.38. The Morgan fingerprint density at radius 3 is 2.56 bits per heavy atom. The van der Waals surface area contributed by atoms with Crippen molar-refractivity contribution in [3.8, 4) is 0 Å². The zero-order chi connectivity index (χ0) is 24.1. The number of fused-ring (bicyclic) bond motifs is 1. The maximum Gasteiger partial charge on any atom is 0.341 e. The molecule has 0 saturated heterocycles. The topological polar surface area (TPSA) is 84.5 Å². The van der Waals surface area contributed by atoms with E-state index in [0.717, 1.165) is 46.6 Å². The van der Waals surface area contributed by atoms with Gasteiger partial charge in [0.05, 0.1) is 18.4 Å². The number of hydrogen-bond acceptors (Lipinski definition) is 6. The Hall–Kier alpha value is -3.10. The van der Waals surface area contributed by atoms with Gasteiger partial charge in [0.2, 0.25) is 5.91 Å². The van der Waals surface area contributed by atoms with Gasteiger partial charge in [0.1, 0.15) is 5.00 Å². The summed E-state index contributed by atoms with van der Waals surface area (Å²) in [5, 5.41) is 6.38. The first-order valence-electron chi connectivity index (χ1n) is 11.1. The minimum absolute atomic E-state index is 0.179. The molecule has 1 aromatic heterocycles. The lowest BCUT2D eigenvalue weighted by molar-refractivity contribution is -0.113. The van der Waals surface area contributed by atoms with Gasteiger partial charge in [-0.25, -0.2) is 4.79 Å². The minimum Gasteiger partial charge on any atom is -0.465 e. The van der Waals surface area contributed by atoms with Gasteiger partial charge in [0, 0.05) is 21.0 Å². The average molecular weight is 495 g/mol. The lowest BCUT2D eigenvalue weighted by atomic mass is 9.95. The Kier molecular flexibility index (Phi) is 7.70. The van der Waals surface area contributed by atoms with Crippen LogP contribution >= 0.6 is 23.1 Å². The number of carbonyl (C=O) groups excluding carboxylic acids is 3. The summed E-state index contributed by atoms with van der Waals surface area (Å²) in [6, 6.07) is 14.8. The number of ether oxygens (including phenoxy) is 1. The number of aryl methyl sites for hydroxylation is 2. The molecule has 0 aliphatic heterocycles. The first-order chi connectivity index (χ1) is 16.4. The molecular formula is C26H26N2O4S2. The average Bonchev–Trinajstić information content (AvgIpc) is 3.20. The molecule has 176 valence electrons. The van der Waals surface area contributed by atoms with Crippen LogP contribution in [0.1, 0.15) is 49.6 Å². The molecule has 2 N–H and O–H groups in total. The van der Waals surface area contributed by atoms with E-state index < -0.39 is 5.97 Å². The molecule has 3 aromatic rings. The van der Waals surface area contributed by atoms with Crippen LogP contribution in [0, 0.1) is 6.92 Å². The van der Waals surface area contributed by atoms with Crippen LogP contribution in [0.5, 0.6) is 0 Å². The van der Waals surface area contributed by atoms with E-state index in [-0.39, 0.29) is 17.6 Å². The lowest BCUT2D eigenvalue weighted by Crippen LogP contribution is -2.16. The van der Waals surface area contributed by atoms with Crippen molar-refractivity contribution in [2.24, 2.45) is 0 Å². The normalized spacial score (nSPS) is 12.5. The summed E-state index contributed by atoms with van der Waals surface area (Å²) in [5.74, 6) is -0.599. The predicted molar refractivity (Wildman–Crippen MR) is 137 cm³/mol. The van der Waals surface area contributed by atoms with Crippen LogP contribution in [0.2, 0.25) is 0 Å². The molecule has 0 bridgehead atoms. The Balaban J connectivity index is 1.38. The smallest absolute Gasteiger partial charge is 0.341 e. The third-order valence-corrected chi connectivity index (χ3v) is 7.79. The molecule has 4 rings (SSSR count). The van der Waals surface area contributed by atoms with Crippen LogP contribution in [0.3, 0.4) is 0 Å². The highest BCUT2D eigenvalue weighted by molar-refractivity contribution is 8.00. The number of carbonyl (C=O) groups is 3. The lowest BCUT2D eigenvalue weighted by Gasteiger charge is -2.11. The van der Waals surface area contributed by atoms with E-state index in [4.69, 9.17) is 4.74 Å². The van der Waals surface area contributed by atoms with E-state index in [0.29, 0.717) is 21.8 Å². The molecular weight excluding hydrogens is 468 g/mol. The van der Waals surface area contributed by atoms with Crippen LogP contribution in [0.15, 0.2) is 53.4 Å². The van der Waals surface area contributed by atoms with Crippen molar-refractivity contribution in [1.82, 2.24) is 0 Å². The number of benzene rings is 2. The summed E-state index contributed by atoms with van der Waals surface area (Å²) in [6.45, 7) is 1.97. The maximum atomic E-state index is 12.7. The van der Waals surface area contributed by atoms with Crippen molar-refractivity contribution < 1.29 is 19.1 Å². The Morgan fingerprint density at radius 2 is 1.79 bits per heavy atom. The molecule has 0 radical (unpaired) electrons. The number of anilines is 2. The van der Waals surface area contributed by atoms with Gasteiger partial charge in [-0.05, 0) is 68.5 Å². The number of thiophene rings is 1. The van der Waals surface area contributed by atoms with Gasteiger partial charge in [0.25, 0.3) is 5.91 Å². The summed E-state index contributed by atoms with van der Waals surface area (Å²) in [5.41, 5.74) is 3.86. The number of methoxy groups -OCH3 is 1. The largest absolute Gasteiger partial charge is 0.465 e. The number of amides is 2. The molecule has 34 heavy (non-hydrogen) atoms. The highest BCUT2D eigenvalue weighted by atomic mass is 32.2. The number of nitrogens with one attached hydrogen (secondary N) is 2. The molecule has 1 aliphatic rings. The van der Waals surface area contributed by atoms with Crippen LogP contribution in [-0.4, -0.2) is 30.6 Å². The molecule has 2 amide bonds. The first kappa shape index (κ1) is 24.0. The molecule has 1 aliphatic carbocycles. The monoisotopic (exact) mass is 494 g/mol. The van der Waals surface area contributed by atoms with Crippen molar-refractivity contribution in [2.45, 2.75) is 37.5 Å². The third kappa shape index (κ3) is 5.69. The van der Waals surface area contributed by atoms with E-state index in [9.17, 15) is 14.4 Å². The molecule has 0 saturated carbocycles. The van der Waals surface area contributed by atoms with E-state index >= 15 is 0 Å². The molecule has 0 spiro atoms. The SMILES string of the molecule is COC(=O)c1c(NC(=O)CSc2cccc(NC(=O)c3ccc(C)cc3)c2)sc2c1CCCC2. The second kappa shape index (κ2) is 10.9. The molecule has 2 aromatic carbocycles. The van der Waals surface area contributed by atoms with Gasteiger partial charge in [0.15, 0.2) is 0 Å². The number of hydrogen-bond donors (Lipinski definition) is 2. The second-order valence-electron chi connectivity index (χ2n) is 8.09. The zero-order valence-electron chi connectivity index (χ0n) is 19.1. The molecule has 6 nitrogen and oxygen atoms in total. The summed E-state index contributed by atoms with van der Waals surface area (Å²) in [4.78, 5) is 39.6. The second-order valence-corrected chi connectivity index (χ2v) is 10.2. The van der Waals surface area contributed by atoms with Crippen molar-refractivity contribution in [2.75, 3.05) is 23.5 Å². The van der Waals surface area contributed by atoms with Gasteiger partial charge < -0.3 is 15.4 Å².